The molecule has 0 aliphatic rings. The molecule has 3 aromatic carbocycles. The molecule has 0 bridgehead atoms. The monoisotopic (exact) mass is 416 g/mol. The van der Waals surface area contributed by atoms with Gasteiger partial charge >= 0.3 is 11.9 Å². The van der Waals surface area contributed by atoms with Gasteiger partial charge in [-0.15, -0.1) is 0 Å². The largest absolute Gasteiger partial charge is 0.493 e. The van der Waals surface area contributed by atoms with Crippen molar-refractivity contribution in [1.29, 1.82) is 0 Å². The summed E-state index contributed by atoms with van der Waals surface area (Å²) in [6.07, 6.45) is 3.83. The minimum absolute atomic E-state index is 0.0672. The highest BCUT2D eigenvalue weighted by Gasteiger charge is 2.12. The third-order valence-electron chi connectivity index (χ3n) is 4.53. The Kier molecular flexibility index (Phi) is 6.96. The molecule has 0 unspecified atom stereocenters. The lowest BCUT2D eigenvalue weighted by Gasteiger charge is -2.09. The normalized spacial score (nSPS) is 10.7. The van der Waals surface area contributed by atoms with Gasteiger partial charge in [0.05, 0.1) is 17.7 Å². The number of carboxylic acids is 2. The molecule has 31 heavy (non-hydrogen) atoms. The molecular formula is C25H20O6. The SMILES string of the molecule is O=C(O)c1cc(OCCc2ccc(/C=C/C(=O)c3ccccc3)cc2)cc(C(=O)O)c1. The van der Waals surface area contributed by atoms with E-state index in [1.54, 1.807) is 18.2 Å². The van der Waals surface area contributed by atoms with Crippen LogP contribution >= 0.6 is 0 Å². The summed E-state index contributed by atoms with van der Waals surface area (Å²) in [5.74, 6) is -2.32. The molecule has 3 rings (SSSR count). The van der Waals surface area contributed by atoms with Gasteiger partial charge in [0.2, 0.25) is 0 Å². The number of benzene rings is 3. The predicted molar refractivity (Wildman–Crippen MR) is 116 cm³/mol. The number of hydrogen-bond donors (Lipinski definition) is 2. The molecule has 0 atom stereocenters. The van der Waals surface area contributed by atoms with Crippen LogP contribution in [0.5, 0.6) is 5.75 Å². The first kappa shape index (κ1) is 21.5. The van der Waals surface area contributed by atoms with E-state index in [0.717, 1.165) is 17.2 Å². The molecule has 0 fully saturated rings. The fourth-order valence-electron chi connectivity index (χ4n) is 2.88. The molecule has 156 valence electrons. The van der Waals surface area contributed by atoms with Gasteiger partial charge in [-0.2, -0.15) is 0 Å². The maximum absolute atomic E-state index is 12.1. The lowest BCUT2D eigenvalue weighted by Crippen LogP contribution is -2.06. The van der Waals surface area contributed by atoms with Crippen molar-refractivity contribution in [3.8, 4) is 5.75 Å². The van der Waals surface area contributed by atoms with Gasteiger partial charge in [-0.3, -0.25) is 4.79 Å². The van der Waals surface area contributed by atoms with Crippen LogP contribution < -0.4 is 4.74 Å². The molecule has 0 saturated carbocycles. The van der Waals surface area contributed by atoms with Crippen molar-refractivity contribution in [3.63, 3.8) is 0 Å². The number of carboxylic acid groups (broad SMARTS) is 2. The number of rotatable bonds is 9. The maximum Gasteiger partial charge on any atom is 0.335 e. The predicted octanol–water partition coefficient (Wildman–Crippen LogP) is 4.60. The molecule has 2 N–H and O–H groups in total. The minimum atomic E-state index is -1.22. The Morgan fingerprint density at radius 2 is 1.39 bits per heavy atom. The molecule has 6 heteroatoms. The third kappa shape index (κ3) is 6.14. The van der Waals surface area contributed by atoms with Gasteiger partial charge in [-0.25, -0.2) is 9.59 Å². The number of carbonyl (C=O) groups is 3. The van der Waals surface area contributed by atoms with Crippen molar-refractivity contribution in [1.82, 2.24) is 0 Å². The van der Waals surface area contributed by atoms with E-state index in [9.17, 15) is 14.4 Å². The Labute approximate surface area is 179 Å². The van der Waals surface area contributed by atoms with Crippen molar-refractivity contribution in [3.05, 3.63) is 107 Å². The average Bonchev–Trinajstić information content (AvgIpc) is 2.78. The number of carbonyl (C=O) groups excluding carboxylic acids is 1. The van der Waals surface area contributed by atoms with Crippen LogP contribution in [0.1, 0.15) is 42.2 Å². The second-order valence-electron chi connectivity index (χ2n) is 6.76. The summed E-state index contributed by atoms with van der Waals surface area (Å²) in [5.41, 5.74) is 2.21. The number of ketones is 1. The van der Waals surface area contributed by atoms with E-state index in [1.165, 1.54) is 18.2 Å². The Bertz CT molecular complexity index is 1080. The summed E-state index contributed by atoms with van der Waals surface area (Å²) < 4.78 is 5.56. The molecule has 0 heterocycles. The van der Waals surface area contributed by atoms with E-state index >= 15 is 0 Å². The lowest BCUT2D eigenvalue weighted by molar-refractivity contribution is 0.0696. The Morgan fingerprint density at radius 3 is 1.97 bits per heavy atom. The van der Waals surface area contributed by atoms with Crippen LogP contribution in [0.3, 0.4) is 0 Å². The molecule has 0 aromatic heterocycles. The molecule has 0 aliphatic carbocycles. The summed E-state index contributed by atoms with van der Waals surface area (Å²) in [6.45, 7) is 0.254. The van der Waals surface area contributed by atoms with Gasteiger partial charge in [-0.05, 0) is 35.4 Å². The van der Waals surface area contributed by atoms with Crippen molar-refractivity contribution in [2.24, 2.45) is 0 Å². The zero-order valence-electron chi connectivity index (χ0n) is 16.5. The summed E-state index contributed by atoms with van der Waals surface area (Å²) in [7, 11) is 0. The highest BCUT2D eigenvalue weighted by molar-refractivity contribution is 6.06. The summed E-state index contributed by atoms with van der Waals surface area (Å²) >= 11 is 0. The quantitative estimate of drug-likeness (QED) is 0.391. The molecule has 0 amide bonds. The topological polar surface area (TPSA) is 101 Å². The van der Waals surface area contributed by atoms with E-state index in [-0.39, 0.29) is 29.3 Å². The number of allylic oxidation sites excluding steroid dienone is 1. The van der Waals surface area contributed by atoms with Gasteiger partial charge in [0.25, 0.3) is 0 Å². The molecular weight excluding hydrogens is 396 g/mol. The Morgan fingerprint density at radius 1 is 0.774 bits per heavy atom. The van der Waals surface area contributed by atoms with Crippen molar-refractivity contribution >= 4 is 23.8 Å². The molecule has 0 aliphatic heterocycles. The van der Waals surface area contributed by atoms with Crippen molar-refractivity contribution in [2.75, 3.05) is 6.61 Å². The molecule has 0 radical (unpaired) electrons. The summed E-state index contributed by atoms with van der Waals surface area (Å²) in [6, 6.07) is 20.3. The van der Waals surface area contributed by atoms with Crippen molar-refractivity contribution < 1.29 is 29.3 Å². The maximum atomic E-state index is 12.1. The lowest BCUT2D eigenvalue weighted by atomic mass is 10.1. The molecule has 6 nitrogen and oxygen atoms in total. The molecule has 3 aromatic rings. The fourth-order valence-corrected chi connectivity index (χ4v) is 2.88. The second kappa shape index (κ2) is 10.0. The molecule has 0 saturated heterocycles. The Balaban J connectivity index is 1.57. The first-order valence-electron chi connectivity index (χ1n) is 9.53. The highest BCUT2D eigenvalue weighted by atomic mass is 16.5. The summed E-state index contributed by atoms with van der Waals surface area (Å²) in [4.78, 5) is 34.4. The fraction of sp³-hybridized carbons (Fsp3) is 0.0800. The van der Waals surface area contributed by atoms with E-state index < -0.39 is 11.9 Å². The van der Waals surface area contributed by atoms with Gasteiger partial charge in [0.15, 0.2) is 5.78 Å². The number of ether oxygens (including phenoxy) is 1. The van der Waals surface area contributed by atoms with E-state index in [1.807, 2.05) is 42.5 Å². The van der Waals surface area contributed by atoms with Gasteiger partial charge < -0.3 is 14.9 Å². The standard InChI is InChI=1S/C25H20O6/c26-23(19-4-2-1-3-5-19)11-10-17-6-8-18(9-7-17)12-13-31-22-15-20(24(27)28)14-21(16-22)25(29)30/h1-11,14-16H,12-13H2,(H,27,28)(H,29,30)/b11-10+. The third-order valence-corrected chi connectivity index (χ3v) is 4.53. The van der Waals surface area contributed by atoms with Gasteiger partial charge in [0.1, 0.15) is 5.75 Å². The first-order chi connectivity index (χ1) is 14.9. The zero-order chi connectivity index (χ0) is 22.2. The van der Waals surface area contributed by atoms with Crippen LogP contribution in [0.25, 0.3) is 6.08 Å². The number of hydrogen-bond acceptors (Lipinski definition) is 4. The minimum Gasteiger partial charge on any atom is -0.493 e. The van der Waals surface area contributed by atoms with Crippen LogP contribution in [0.15, 0.2) is 78.9 Å². The van der Waals surface area contributed by atoms with Gasteiger partial charge in [-0.1, -0.05) is 60.7 Å². The van der Waals surface area contributed by atoms with E-state index in [0.29, 0.717) is 12.0 Å². The Hall–Kier alpha value is -4.19. The smallest absolute Gasteiger partial charge is 0.335 e. The first-order valence-corrected chi connectivity index (χ1v) is 9.53. The zero-order valence-corrected chi connectivity index (χ0v) is 16.5. The van der Waals surface area contributed by atoms with Crippen LogP contribution in [-0.4, -0.2) is 34.5 Å². The van der Waals surface area contributed by atoms with Crippen LogP contribution in [0.4, 0.5) is 0 Å². The van der Waals surface area contributed by atoms with Crippen LogP contribution in [-0.2, 0) is 6.42 Å². The van der Waals surface area contributed by atoms with Gasteiger partial charge in [0, 0.05) is 12.0 Å². The second-order valence-corrected chi connectivity index (χ2v) is 6.76. The van der Waals surface area contributed by atoms with Crippen LogP contribution in [0, 0.1) is 0 Å². The van der Waals surface area contributed by atoms with E-state index in [2.05, 4.69) is 0 Å². The summed E-state index contributed by atoms with van der Waals surface area (Å²) in [5, 5.41) is 18.2. The van der Waals surface area contributed by atoms with Crippen molar-refractivity contribution in [2.45, 2.75) is 6.42 Å². The average molecular weight is 416 g/mol. The molecule has 0 spiro atoms. The van der Waals surface area contributed by atoms with E-state index in [4.69, 9.17) is 14.9 Å². The van der Waals surface area contributed by atoms with Crippen LogP contribution in [0.2, 0.25) is 0 Å². The number of aromatic carboxylic acids is 2. The highest BCUT2D eigenvalue weighted by Crippen LogP contribution is 2.18.